The highest BCUT2D eigenvalue weighted by molar-refractivity contribution is 9.10. The molecule has 1 fully saturated rings. The summed E-state index contributed by atoms with van der Waals surface area (Å²) in [5, 5.41) is 6.90. The van der Waals surface area contributed by atoms with Gasteiger partial charge in [-0.2, -0.15) is 0 Å². The SMILES string of the molecule is O=C(Cc1cc(COc2ccc(Br)cc2)on1)NCC1CCOCC1. The van der Waals surface area contributed by atoms with E-state index in [2.05, 4.69) is 26.4 Å². The Morgan fingerprint density at radius 2 is 2.04 bits per heavy atom. The lowest BCUT2D eigenvalue weighted by atomic mass is 10.0. The molecule has 0 radical (unpaired) electrons. The van der Waals surface area contributed by atoms with Crippen molar-refractivity contribution in [3.8, 4) is 5.75 Å². The third-order valence-electron chi connectivity index (χ3n) is 4.07. The normalized spacial score (nSPS) is 15.1. The van der Waals surface area contributed by atoms with Gasteiger partial charge in [-0.3, -0.25) is 4.79 Å². The molecule has 3 rings (SSSR count). The molecule has 2 heterocycles. The summed E-state index contributed by atoms with van der Waals surface area (Å²) in [6.45, 7) is 2.54. The first-order chi connectivity index (χ1) is 12.2. The van der Waals surface area contributed by atoms with Gasteiger partial charge >= 0.3 is 0 Å². The summed E-state index contributed by atoms with van der Waals surface area (Å²) in [6, 6.07) is 9.30. The van der Waals surface area contributed by atoms with E-state index in [1.165, 1.54) is 0 Å². The summed E-state index contributed by atoms with van der Waals surface area (Å²) in [5.74, 6) is 1.80. The second-order valence-electron chi connectivity index (χ2n) is 6.06. The number of amides is 1. The van der Waals surface area contributed by atoms with Gasteiger partial charge in [0.1, 0.15) is 12.4 Å². The molecule has 1 amide bonds. The van der Waals surface area contributed by atoms with Gasteiger partial charge in [0.15, 0.2) is 5.76 Å². The molecular weight excluding hydrogens is 388 g/mol. The van der Waals surface area contributed by atoms with Gasteiger partial charge in [-0.05, 0) is 43.0 Å². The molecule has 1 N–H and O–H groups in total. The number of nitrogens with one attached hydrogen (secondary N) is 1. The van der Waals surface area contributed by atoms with Crippen LogP contribution in [0, 0.1) is 5.92 Å². The van der Waals surface area contributed by atoms with Crippen molar-refractivity contribution in [3.05, 3.63) is 46.3 Å². The van der Waals surface area contributed by atoms with Crippen LogP contribution < -0.4 is 10.1 Å². The molecule has 0 bridgehead atoms. The van der Waals surface area contributed by atoms with Crippen molar-refractivity contribution in [2.24, 2.45) is 5.92 Å². The predicted octanol–water partition coefficient (Wildman–Crippen LogP) is 3.10. The summed E-state index contributed by atoms with van der Waals surface area (Å²) < 4.78 is 17.2. The molecular formula is C18H21BrN2O4. The van der Waals surface area contributed by atoms with Crippen molar-refractivity contribution in [1.29, 1.82) is 0 Å². The molecule has 0 atom stereocenters. The molecule has 134 valence electrons. The fraction of sp³-hybridized carbons (Fsp3) is 0.444. The average molecular weight is 409 g/mol. The molecule has 1 aliphatic heterocycles. The van der Waals surface area contributed by atoms with Crippen molar-refractivity contribution in [2.45, 2.75) is 25.9 Å². The van der Waals surface area contributed by atoms with E-state index in [4.69, 9.17) is 14.0 Å². The first-order valence-corrected chi connectivity index (χ1v) is 9.15. The molecule has 0 saturated carbocycles. The summed E-state index contributed by atoms with van der Waals surface area (Å²) in [6.07, 6.45) is 2.22. The Hall–Kier alpha value is -1.86. The Labute approximate surface area is 155 Å². The maximum absolute atomic E-state index is 12.0. The van der Waals surface area contributed by atoms with E-state index in [1.807, 2.05) is 24.3 Å². The van der Waals surface area contributed by atoms with Gasteiger partial charge in [0.25, 0.3) is 0 Å². The van der Waals surface area contributed by atoms with Crippen LogP contribution in [0.15, 0.2) is 39.3 Å². The highest BCUT2D eigenvalue weighted by Crippen LogP contribution is 2.18. The fourth-order valence-corrected chi connectivity index (χ4v) is 2.89. The minimum atomic E-state index is -0.0415. The Bertz CT molecular complexity index is 681. The Kier molecular flexibility index (Phi) is 6.47. The molecule has 25 heavy (non-hydrogen) atoms. The predicted molar refractivity (Wildman–Crippen MR) is 95.2 cm³/mol. The minimum absolute atomic E-state index is 0.0415. The molecule has 1 saturated heterocycles. The summed E-state index contributed by atoms with van der Waals surface area (Å²) in [7, 11) is 0. The number of hydrogen-bond donors (Lipinski definition) is 1. The molecule has 1 aromatic heterocycles. The number of halogens is 1. The van der Waals surface area contributed by atoms with Gasteiger partial charge in [-0.15, -0.1) is 0 Å². The average Bonchev–Trinajstić information content (AvgIpc) is 3.08. The van der Waals surface area contributed by atoms with E-state index in [9.17, 15) is 4.79 Å². The zero-order chi connectivity index (χ0) is 17.5. The molecule has 1 aromatic carbocycles. The highest BCUT2D eigenvalue weighted by atomic mass is 79.9. The fourth-order valence-electron chi connectivity index (χ4n) is 2.63. The minimum Gasteiger partial charge on any atom is -0.486 e. The van der Waals surface area contributed by atoms with Gasteiger partial charge in [-0.1, -0.05) is 21.1 Å². The molecule has 6 nitrogen and oxygen atoms in total. The first-order valence-electron chi connectivity index (χ1n) is 8.36. The number of rotatable bonds is 7. The van der Waals surface area contributed by atoms with E-state index in [-0.39, 0.29) is 18.9 Å². The molecule has 7 heteroatoms. The third kappa shape index (κ3) is 5.86. The van der Waals surface area contributed by atoms with Gasteiger partial charge in [-0.25, -0.2) is 0 Å². The zero-order valence-electron chi connectivity index (χ0n) is 13.9. The standard InChI is InChI=1S/C18H21BrN2O4/c19-14-1-3-16(4-2-14)24-12-17-9-15(21-25-17)10-18(22)20-11-13-5-7-23-8-6-13/h1-4,9,13H,5-8,10-12H2,(H,20,22). The van der Waals surface area contributed by atoms with Crippen LogP contribution in [0.5, 0.6) is 5.75 Å². The van der Waals surface area contributed by atoms with Crippen LogP contribution >= 0.6 is 15.9 Å². The number of aromatic nitrogens is 1. The molecule has 1 aliphatic rings. The van der Waals surface area contributed by atoms with Gasteiger partial charge in [0, 0.05) is 30.3 Å². The van der Waals surface area contributed by atoms with Crippen molar-refractivity contribution in [1.82, 2.24) is 10.5 Å². The third-order valence-corrected chi connectivity index (χ3v) is 4.60. The van der Waals surface area contributed by atoms with Crippen LogP contribution in [0.4, 0.5) is 0 Å². The number of ether oxygens (including phenoxy) is 2. The van der Waals surface area contributed by atoms with Crippen molar-refractivity contribution >= 4 is 21.8 Å². The summed E-state index contributed by atoms with van der Waals surface area (Å²) in [5.41, 5.74) is 0.610. The number of carbonyl (C=O) groups excluding carboxylic acids is 1. The van der Waals surface area contributed by atoms with Crippen molar-refractivity contribution in [2.75, 3.05) is 19.8 Å². The maximum Gasteiger partial charge on any atom is 0.226 e. The van der Waals surface area contributed by atoms with Gasteiger partial charge in [0.05, 0.1) is 12.1 Å². The van der Waals surface area contributed by atoms with E-state index < -0.39 is 0 Å². The number of nitrogens with zero attached hydrogens (tertiary/aromatic N) is 1. The van der Waals surface area contributed by atoms with E-state index in [0.29, 0.717) is 23.9 Å². The topological polar surface area (TPSA) is 73.6 Å². The number of benzene rings is 1. The number of hydrogen-bond acceptors (Lipinski definition) is 5. The Morgan fingerprint density at radius 3 is 2.80 bits per heavy atom. The van der Waals surface area contributed by atoms with Crippen LogP contribution in [0.2, 0.25) is 0 Å². The lowest BCUT2D eigenvalue weighted by Gasteiger charge is -2.21. The summed E-state index contributed by atoms with van der Waals surface area (Å²) >= 11 is 3.38. The molecule has 0 spiro atoms. The maximum atomic E-state index is 12.0. The zero-order valence-corrected chi connectivity index (χ0v) is 15.5. The van der Waals surface area contributed by atoms with Crippen molar-refractivity contribution in [3.63, 3.8) is 0 Å². The van der Waals surface area contributed by atoms with Gasteiger partial charge < -0.3 is 19.3 Å². The Morgan fingerprint density at radius 1 is 1.28 bits per heavy atom. The van der Waals surface area contributed by atoms with E-state index in [0.717, 1.165) is 36.3 Å². The van der Waals surface area contributed by atoms with E-state index in [1.54, 1.807) is 6.07 Å². The lowest BCUT2D eigenvalue weighted by molar-refractivity contribution is -0.120. The second kappa shape index (κ2) is 9.01. The smallest absolute Gasteiger partial charge is 0.226 e. The molecule has 0 aliphatic carbocycles. The van der Waals surface area contributed by atoms with Crippen LogP contribution in [0.25, 0.3) is 0 Å². The largest absolute Gasteiger partial charge is 0.486 e. The quantitative estimate of drug-likeness (QED) is 0.761. The summed E-state index contributed by atoms with van der Waals surface area (Å²) in [4.78, 5) is 12.0. The lowest BCUT2D eigenvalue weighted by Crippen LogP contribution is -2.33. The van der Waals surface area contributed by atoms with Crippen LogP contribution in [0.3, 0.4) is 0 Å². The first kappa shape index (κ1) is 17.9. The van der Waals surface area contributed by atoms with E-state index >= 15 is 0 Å². The molecule has 0 unspecified atom stereocenters. The van der Waals surface area contributed by atoms with Crippen molar-refractivity contribution < 1.29 is 18.8 Å². The van der Waals surface area contributed by atoms with Crippen LogP contribution in [0.1, 0.15) is 24.3 Å². The van der Waals surface area contributed by atoms with Crippen LogP contribution in [-0.4, -0.2) is 30.8 Å². The Balaban J connectivity index is 1.41. The number of carbonyl (C=O) groups is 1. The second-order valence-corrected chi connectivity index (χ2v) is 6.98. The monoisotopic (exact) mass is 408 g/mol. The molecule has 2 aromatic rings. The van der Waals surface area contributed by atoms with Crippen LogP contribution in [-0.2, 0) is 22.6 Å². The van der Waals surface area contributed by atoms with Gasteiger partial charge in [0.2, 0.25) is 5.91 Å². The highest BCUT2D eigenvalue weighted by Gasteiger charge is 2.15.